The monoisotopic (exact) mass is 317 g/mol. The summed E-state index contributed by atoms with van der Waals surface area (Å²) in [5, 5.41) is 0. The van der Waals surface area contributed by atoms with Crippen molar-refractivity contribution in [2.24, 2.45) is 0 Å². The molecular weight excluding hydrogens is 311 g/mol. The van der Waals surface area contributed by atoms with Gasteiger partial charge in [-0.05, 0) is 35.1 Å². The predicted octanol–water partition coefficient (Wildman–Crippen LogP) is 2.38. The third-order valence-electron chi connectivity index (χ3n) is 1.83. The Kier molecular flexibility index (Phi) is 3.65. The number of alkyl halides is 3. The molecule has 0 fully saturated rings. The third-order valence-corrected chi connectivity index (χ3v) is 4.40. The zero-order valence-corrected chi connectivity index (χ0v) is 10.4. The second kappa shape index (κ2) is 4.34. The number of halogens is 4. The van der Waals surface area contributed by atoms with Crippen molar-refractivity contribution in [1.29, 1.82) is 0 Å². The minimum Gasteiger partial charge on any atom is -0.214 e. The molecule has 0 atom stereocenters. The van der Waals surface area contributed by atoms with E-state index in [9.17, 15) is 21.6 Å². The van der Waals surface area contributed by atoms with Gasteiger partial charge in [0.2, 0.25) is 10.0 Å². The fourth-order valence-electron chi connectivity index (χ4n) is 1.05. The molecule has 0 spiro atoms. The third kappa shape index (κ3) is 2.55. The minimum atomic E-state index is -4.60. The summed E-state index contributed by atoms with van der Waals surface area (Å²) in [6, 6.07) is 2.93. The Morgan fingerprint density at radius 1 is 1.31 bits per heavy atom. The largest absolute Gasteiger partial charge is 0.417 e. The van der Waals surface area contributed by atoms with E-state index in [-0.39, 0.29) is 0 Å². The highest BCUT2D eigenvalue weighted by Crippen LogP contribution is 2.37. The number of hydrogen-bond acceptors (Lipinski definition) is 2. The van der Waals surface area contributed by atoms with Crippen LogP contribution in [0.1, 0.15) is 5.56 Å². The van der Waals surface area contributed by atoms with E-state index < -0.39 is 31.1 Å². The maximum Gasteiger partial charge on any atom is 0.417 e. The summed E-state index contributed by atoms with van der Waals surface area (Å²) in [6.07, 6.45) is -4.60. The average molecular weight is 318 g/mol. The van der Waals surface area contributed by atoms with Gasteiger partial charge in [-0.2, -0.15) is 13.2 Å². The molecule has 0 amide bonds. The highest BCUT2D eigenvalue weighted by atomic mass is 79.9. The molecular formula is C8H7BrF3NO2S. The first kappa shape index (κ1) is 13.5. The van der Waals surface area contributed by atoms with Gasteiger partial charge in [0.05, 0.1) is 10.5 Å². The van der Waals surface area contributed by atoms with E-state index in [2.05, 4.69) is 15.9 Å². The molecule has 1 aromatic rings. The lowest BCUT2D eigenvalue weighted by molar-refractivity contribution is -0.138. The highest BCUT2D eigenvalue weighted by molar-refractivity contribution is 9.10. The van der Waals surface area contributed by atoms with E-state index in [4.69, 9.17) is 0 Å². The van der Waals surface area contributed by atoms with Crippen LogP contribution in [-0.4, -0.2) is 15.5 Å². The van der Waals surface area contributed by atoms with Crippen molar-refractivity contribution < 1.29 is 21.6 Å². The minimum absolute atomic E-state index is 0.440. The molecule has 0 aromatic heterocycles. The summed E-state index contributed by atoms with van der Waals surface area (Å²) in [5.41, 5.74) is -1.02. The second-order valence-electron chi connectivity index (χ2n) is 2.82. The van der Waals surface area contributed by atoms with E-state index in [1.165, 1.54) is 0 Å². The number of hydrogen-bond donors (Lipinski definition) is 1. The summed E-state index contributed by atoms with van der Waals surface area (Å²) in [4.78, 5) is -0.440. The van der Waals surface area contributed by atoms with Gasteiger partial charge >= 0.3 is 6.18 Å². The van der Waals surface area contributed by atoms with Gasteiger partial charge < -0.3 is 0 Å². The fourth-order valence-corrected chi connectivity index (χ4v) is 3.00. The number of benzene rings is 1. The van der Waals surface area contributed by atoms with E-state index in [1.54, 1.807) is 0 Å². The Morgan fingerprint density at radius 2 is 1.88 bits per heavy atom. The van der Waals surface area contributed by atoms with Crippen LogP contribution >= 0.6 is 15.9 Å². The van der Waals surface area contributed by atoms with Crippen LogP contribution in [0.2, 0.25) is 0 Å². The molecule has 0 saturated heterocycles. The van der Waals surface area contributed by atoms with Crippen LogP contribution in [0.25, 0.3) is 0 Å². The zero-order chi connectivity index (χ0) is 12.6. The lowest BCUT2D eigenvalue weighted by Gasteiger charge is -2.12. The number of sulfonamides is 1. The average Bonchev–Trinajstić information content (AvgIpc) is 2.16. The van der Waals surface area contributed by atoms with E-state index in [0.717, 1.165) is 25.2 Å². The molecule has 0 radical (unpaired) electrons. The predicted molar refractivity (Wildman–Crippen MR) is 55.4 cm³/mol. The van der Waals surface area contributed by atoms with Crippen LogP contribution in [0.5, 0.6) is 0 Å². The van der Waals surface area contributed by atoms with Crippen LogP contribution < -0.4 is 4.72 Å². The molecule has 3 nitrogen and oxygen atoms in total. The van der Waals surface area contributed by atoms with Gasteiger partial charge in [0, 0.05) is 4.47 Å². The van der Waals surface area contributed by atoms with Gasteiger partial charge in [-0.25, -0.2) is 13.1 Å². The first-order valence-corrected chi connectivity index (χ1v) is 6.27. The quantitative estimate of drug-likeness (QED) is 0.910. The Hall–Kier alpha value is -0.600. The van der Waals surface area contributed by atoms with Gasteiger partial charge in [0.1, 0.15) is 0 Å². The molecule has 0 bridgehead atoms. The van der Waals surface area contributed by atoms with Crippen molar-refractivity contribution in [1.82, 2.24) is 4.72 Å². The molecule has 1 N–H and O–H groups in total. The van der Waals surface area contributed by atoms with Gasteiger partial charge in [-0.3, -0.25) is 0 Å². The van der Waals surface area contributed by atoms with Crippen LogP contribution in [-0.2, 0) is 16.2 Å². The molecule has 1 rings (SSSR count). The van der Waals surface area contributed by atoms with Gasteiger partial charge in [0.25, 0.3) is 0 Å². The van der Waals surface area contributed by atoms with Crippen molar-refractivity contribution >= 4 is 26.0 Å². The Bertz CT molecular complexity index is 498. The van der Waals surface area contributed by atoms with Gasteiger partial charge in [-0.15, -0.1) is 0 Å². The maximum atomic E-state index is 12.5. The van der Waals surface area contributed by atoms with Crippen molar-refractivity contribution in [2.45, 2.75) is 11.1 Å². The van der Waals surface area contributed by atoms with Crippen molar-refractivity contribution in [3.8, 4) is 0 Å². The molecule has 0 aliphatic carbocycles. The normalized spacial score (nSPS) is 12.8. The summed E-state index contributed by atoms with van der Waals surface area (Å²) < 4.78 is 61.7. The molecule has 8 heteroatoms. The summed E-state index contributed by atoms with van der Waals surface area (Å²) in [6.45, 7) is 0. The lowest BCUT2D eigenvalue weighted by Crippen LogP contribution is -2.20. The lowest BCUT2D eigenvalue weighted by atomic mass is 10.2. The van der Waals surface area contributed by atoms with Gasteiger partial charge in [0.15, 0.2) is 0 Å². The summed E-state index contributed by atoms with van der Waals surface area (Å²) in [5.74, 6) is 0. The summed E-state index contributed by atoms with van der Waals surface area (Å²) in [7, 11) is -2.78. The molecule has 90 valence electrons. The van der Waals surface area contributed by atoms with Crippen molar-refractivity contribution in [3.05, 3.63) is 28.2 Å². The first-order valence-electron chi connectivity index (χ1n) is 3.99. The highest BCUT2D eigenvalue weighted by Gasteiger charge is 2.35. The standard InChI is InChI=1S/C8H7BrF3NO2S/c1-13-16(14,15)6-4-2-3-5(7(6)9)8(10,11)12/h2-4,13H,1H3. The molecule has 0 unspecified atom stereocenters. The van der Waals surface area contributed by atoms with Crippen molar-refractivity contribution in [2.75, 3.05) is 7.05 Å². The maximum absolute atomic E-state index is 12.5. The van der Waals surface area contributed by atoms with Crippen LogP contribution in [0.15, 0.2) is 27.6 Å². The van der Waals surface area contributed by atoms with Crippen LogP contribution in [0.3, 0.4) is 0 Å². The topological polar surface area (TPSA) is 46.2 Å². The van der Waals surface area contributed by atoms with Crippen LogP contribution in [0.4, 0.5) is 13.2 Å². The van der Waals surface area contributed by atoms with Gasteiger partial charge in [-0.1, -0.05) is 6.07 Å². The molecule has 0 aliphatic heterocycles. The van der Waals surface area contributed by atoms with E-state index >= 15 is 0 Å². The summed E-state index contributed by atoms with van der Waals surface area (Å²) >= 11 is 2.65. The smallest absolute Gasteiger partial charge is 0.214 e. The van der Waals surface area contributed by atoms with Crippen LogP contribution in [0, 0.1) is 0 Å². The molecule has 0 aliphatic rings. The Balaban J connectivity index is 3.48. The number of nitrogens with one attached hydrogen (secondary N) is 1. The fraction of sp³-hybridized carbons (Fsp3) is 0.250. The zero-order valence-electron chi connectivity index (χ0n) is 7.97. The van der Waals surface area contributed by atoms with E-state index in [1.807, 2.05) is 4.72 Å². The second-order valence-corrected chi connectivity index (χ2v) is 5.47. The van der Waals surface area contributed by atoms with Crippen molar-refractivity contribution in [3.63, 3.8) is 0 Å². The Labute approximate surface area is 98.8 Å². The molecule has 0 heterocycles. The van der Waals surface area contributed by atoms with E-state index in [0.29, 0.717) is 0 Å². The Morgan fingerprint density at radius 3 is 2.31 bits per heavy atom. The first-order chi connectivity index (χ1) is 7.20. The molecule has 0 saturated carbocycles. The molecule has 16 heavy (non-hydrogen) atoms. The number of rotatable bonds is 2. The SMILES string of the molecule is CNS(=O)(=O)c1cccc(C(F)(F)F)c1Br. The molecule has 1 aromatic carbocycles.